The molecule has 5 rings (SSSR count). The van der Waals surface area contributed by atoms with Gasteiger partial charge in [0.2, 0.25) is 5.95 Å². The van der Waals surface area contributed by atoms with Crippen LogP contribution in [0.4, 0.5) is 16.9 Å². The molecule has 2 aromatic heterocycles. The van der Waals surface area contributed by atoms with Crippen LogP contribution in [0.5, 0.6) is 0 Å². The Balaban J connectivity index is 1.40. The van der Waals surface area contributed by atoms with Gasteiger partial charge in [0.1, 0.15) is 5.82 Å². The Labute approximate surface area is 213 Å². The molecule has 3 N–H and O–H groups in total. The van der Waals surface area contributed by atoms with E-state index in [-0.39, 0.29) is 18.1 Å². The standard InChI is InChI=1S/C27H29N5O3S/c1-2-35-25(34)18-8-13-22-23(15-18)36-27(30-22)32-24-16-20(14-17-6-4-3-5-7-17)29-26(31-24)28-19-9-11-21(33)12-10-19/h3-8,13,15-16,19,21,33H,2,9-12,14H2,1H3,(H2,28,29,30,31,32). The second-order valence-electron chi connectivity index (χ2n) is 8.93. The molecule has 9 heteroatoms. The lowest BCUT2D eigenvalue weighted by Gasteiger charge is -2.26. The average Bonchev–Trinajstić information content (AvgIpc) is 3.27. The number of fused-ring (bicyclic) bond motifs is 1. The van der Waals surface area contributed by atoms with E-state index in [0.717, 1.165) is 41.6 Å². The van der Waals surface area contributed by atoms with E-state index < -0.39 is 0 Å². The number of aromatic nitrogens is 3. The second-order valence-corrected chi connectivity index (χ2v) is 9.96. The lowest BCUT2D eigenvalue weighted by molar-refractivity contribution is 0.0526. The van der Waals surface area contributed by atoms with Gasteiger partial charge in [-0.05, 0) is 56.4 Å². The summed E-state index contributed by atoms with van der Waals surface area (Å²) in [5.41, 5.74) is 3.37. The molecule has 2 heterocycles. The van der Waals surface area contributed by atoms with Gasteiger partial charge in [-0.1, -0.05) is 41.7 Å². The summed E-state index contributed by atoms with van der Waals surface area (Å²) in [5, 5.41) is 17.3. The highest BCUT2D eigenvalue weighted by Gasteiger charge is 2.20. The number of carbonyl (C=O) groups excluding carboxylic acids is 1. The predicted octanol–water partition coefficient (Wildman–Crippen LogP) is 5.31. The van der Waals surface area contributed by atoms with Crippen LogP contribution in [0.2, 0.25) is 0 Å². The maximum atomic E-state index is 12.1. The molecule has 1 saturated carbocycles. The molecule has 0 radical (unpaired) electrons. The van der Waals surface area contributed by atoms with Crippen LogP contribution in [0.25, 0.3) is 10.2 Å². The highest BCUT2D eigenvalue weighted by molar-refractivity contribution is 7.22. The molecule has 0 atom stereocenters. The van der Waals surface area contributed by atoms with Crippen molar-refractivity contribution in [3.05, 3.63) is 71.4 Å². The van der Waals surface area contributed by atoms with E-state index in [2.05, 4.69) is 27.8 Å². The molecular formula is C27H29N5O3S. The van der Waals surface area contributed by atoms with Gasteiger partial charge >= 0.3 is 5.97 Å². The zero-order valence-corrected chi connectivity index (χ0v) is 20.9. The van der Waals surface area contributed by atoms with Crippen molar-refractivity contribution >= 4 is 44.4 Å². The third-order valence-corrected chi connectivity index (χ3v) is 7.11. The predicted molar refractivity (Wildman–Crippen MR) is 142 cm³/mol. The second kappa shape index (κ2) is 11.0. The Bertz CT molecular complexity index is 1340. The van der Waals surface area contributed by atoms with Crippen molar-refractivity contribution < 1.29 is 14.6 Å². The Morgan fingerprint density at radius 2 is 1.86 bits per heavy atom. The van der Waals surface area contributed by atoms with E-state index >= 15 is 0 Å². The highest BCUT2D eigenvalue weighted by atomic mass is 32.1. The molecule has 2 aromatic carbocycles. The summed E-state index contributed by atoms with van der Waals surface area (Å²) in [6.45, 7) is 2.13. The molecule has 0 aliphatic heterocycles. The number of hydrogen-bond donors (Lipinski definition) is 3. The zero-order valence-electron chi connectivity index (χ0n) is 20.1. The van der Waals surface area contributed by atoms with Crippen LogP contribution >= 0.6 is 11.3 Å². The van der Waals surface area contributed by atoms with Gasteiger partial charge in [-0.3, -0.25) is 0 Å². The van der Waals surface area contributed by atoms with E-state index in [9.17, 15) is 9.90 Å². The van der Waals surface area contributed by atoms with Crippen molar-refractivity contribution in [1.29, 1.82) is 0 Å². The maximum Gasteiger partial charge on any atom is 0.338 e. The van der Waals surface area contributed by atoms with Crippen molar-refractivity contribution in [2.45, 2.75) is 51.2 Å². The number of ether oxygens (including phenoxy) is 1. The Kier molecular flexibility index (Phi) is 7.39. The molecule has 0 spiro atoms. The molecule has 4 aromatic rings. The van der Waals surface area contributed by atoms with Gasteiger partial charge < -0.3 is 20.5 Å². The molecule has 0 bridgehead atoms. The summed E-state index contributed by atoms with van der Waals surface area (Å²) in [4.78, 5) is 26.3. The van der Waals surface area contributed by atoms with E-state index in [1.165, 1.54) is 16.9 Å². The van der Waals surface area contributed by atoms with Crippen LogP contribution in [0.1, 0.15) is 54.2 Å². The van der Waals surface area contributed by atoms with E-state index in [1.54, 1.807) is 13.0 Å². The third-order valence-electron chi connectivity index (χ3n) is 6.17. The number of benzene rings is 2. The number of aliphatic hydroxyl groups excluding tert-OH is 1. The summed E-state index contributed by atoms with van der Waals surface area (Å²) < 4.78 is 6.00. The molecule has 0 unspecified atom stereocenters. The monoisotopic (exact) mass is 503 g/mol. The number of thiazole rings is 1. The van der Waals surface area contributed by atoms with Gasteiger partial charge in [0.15, 0.2) is 5.13 Å². The van der Waals surface area contributed by atoms with Crippen molar-refractivity contribution in [2.24, 2.45) is 0 Å². The molecular weight excluding hydrogens is 474 g/mol. The minimum Gasteiger partial charge on any atom is -0.462 e. The summed E-state index contributed by atoms with van der Waals surface area (Å²) in [7, 11) is 0. The molecule has 0 saturated heterocycles. The molecule has 8 nitrogen and oxygen atoms in total. The normalized spacial score (nSPS) is 17.6. The molecule has 186 valence electrons. The molecule has 36 heavy (non-hydrogen) atoms. The number of esters is 1. The first kappa shape index (κ1) is 24.1. The van der Waals surface area contributed by atoms with Crippen molar-refractivity contribution in [2.75, 3.05) is 17.2 Å². The van der Waals surface area contributed by atoms with Gasteiger partial charge in [0.25, 0.3) is 0 Å². The first-order valence-corrected chi connectivity index (χ1v) is 13.1. The largest absolute Gasteiger partial charge is 0.462 e. The number of carbonyl (C=O) groups is 1. The fourth-order valence-electron chi connectivity index (χ4n) is 4.35. The quantitative estimate of drug-likeness (QED) is 0.278. The fraction of sp³-hybridized carbons (Fsp3) is 0.333. The maximum absolute atomic E-state index is 12.1. The van der Waals surface area contributed by atoms with Crippen LogP contribution in [-0.4, -0.2) is 44.8 Å². The molecule has 0 amide bonds. The lowest BCUT2D eigenvalue weighted by Crippen LogP contribution is -2.29. The lowest BCUT2D eigenvalue weighted by atomic mass is 9.93. The van der Waals surface area contributed by atoms with E-state index in [1.807, 2.05) is 36.4 Å². The summed E-state index contributed by atoms with van der Waals surface area (Å²) >= 11 is 1.45. The van der Waals surface area contributed by atoms with Crippen LogP contribution in [0.3, 0.4) is 0 Å². The number of anilines is 3. The van der Waals surface area contributed by atoms with Gasteiger partial charge in [0, 0.05) is 18.5 Å². The Morgan fingerprint density at radius 3 is 2.64 bits per heavy atom. The molecule has 1 aliphatic rings. The topological polar surface area (TPSA) is 109 Å². The fourth-order valence-corrected chi connectivity index (χ4v) is 5.27. The number of nitrogens with zero attached hydrogens (tertiary/aromatic N) is 3. The number of rotatable bonds is 8. The summed E-state index contributed by atoms with van der Waals surface area (Å²) in [6.07, 6.45) is 3.80. The molecule has 1 aliphatic carbocycles. The Morgan fingerprint density at radius 1 is 1.06 bits per heavy atom. The van der Waals surface area contributed by atoms with E-state index in [4.69, 9.17) is 14.7 Å². The van der Waals surface area contributed by atoms with Crippen LogP contribution < -0.4 is 10.6 Å². The van der Waals surface area contributed by atoms with Crippen molar-refractivity contribution in [3.8, 4) is 0 Å². The first-order valence-electron chi connectivity index (χ1n) is 12.3. The Hall–Kier alpha value is -3.56. The SMILES string of the molecule is CCOC(=O)c1ccc2nc(Nc3cc(Cc4ccccc4)nc(NC4CCC(O)CC4)n3)sc2c1. The van der Waals surface area contributed by atoms with Gasteiger partial charge in [-0.25, -0.2) is 14.8 Å². The smallest absolute Gasteiger partial charge is 0.338 e. The number of nitrogens with one attached hydrogen (secondary N) is 2. The van der Waals surface area contributed by atoms with Crippen LogP contribution in [0, 0.1) is 0 Å². The van der Waals surface area contributed by atoms with Gasteiger partial charge in [-0.2, -0.15) is 4.98 Å². The first-order chi connectivity index (χ1) is 17.6. The number of aliphatic hydroxyl groups is 1. The van der Waals surface area contributed by atoms with Gasteiger partial charge in [-0.15, -0.1) is 0 Å². The minimum absolute atomic E-state index is 0.214. The van der Waals surface area contributed by atoms with Crippen LogP contribution in [-0.2, 0) is 11.2 Å². The van der Waals surface area contributed by atoms with Crippen molar-refractivity contribution in [3.63, 3.8) is 0 Å². The third kappa shape index (κ3) is 5.98. The minimum atomic E-state index is -0.338. The van der Waals surface area contributed by atoms with Gasteiger partial charge in [0.05, 0.1) is 34.2 Å². The average molecular weight is 504 g/mol. The van der Waals surface area contributed by atoms with Crippen molar-refractivity contribution in [1.82, 2.24) is 15.0 Å². The van der Waals surface area contributed by atoms with Crippen LogP contribution in [0.15, 0.2) is 54.6 Å². The number of hydrogen-bond acceptors (Lipinski definition) is 9. The highest BCUT2D eigenvalue weighted by Crippen LogP contribution is 2.30. The van der Waals surface area contributed by atoms with E-state index in [0.29, 0.717) is 35.5 Å². The molecule has 1 fully saturated rings. The summed E-state index contributed by atoms with van der Waals surface area (Å²) in [5.74, 6) is 0.881. The summed E-state index contributed by atoms with van der Waals surface area (Å²) in [6, 6.07) is 17.8. The zero-order chi connectivity index (χ0) is 24.9.